The van der Waals surface area contributed by atoms with Gasteiger partial charge in [0, 0.05) is 0 Å². The van der Waals surface area contributed by atoms with Gasteiger partial charge in [-0.25, -0.2) is 0 Å². The van der Waals surface area contributed by atoms with Gasteiger partial charge in [-0.05, 0) is 57.5 Å². The average molecular weight is 802 g/mol. The van der Waals surface area contributed by atoms with Crippen molar-refractivity contribution in [3.8, 4) is 0 Å². The molecule has 1 aliphatic rings. The minimum atomic E-state index is -1.95. The predicted octanol–water partition coefficient (Wildman–Crippen LogP) is -4.89. The lowest BCUT2D eigenvalue weighted by Gasteiger charge is -2.29. The standard InChI is InChI=1S/C33H55N9O14/c1-3-16(2)26-33(56)40-21(14-25(48)49)31(54)38-19(12-23(44)45)29(52)36-17(8-4-6-10-34)27(50)41-22(15-43)32(55)39-20(13-24(46)47)30(53)37-18(28(51)42-26)9-5-7-11-35/h16-22,26,43H,3-15,34-35H2,1-2H3,(H,36,52)(H,37,53)(H,38,54)(H,39,55)(H,40,56)(H,41,50)(H,42,51)(H,44,45)(H,46,47)(H,48,49)/t16-,17-,18-,19-,20-,21-,22-,26-/m0/s1. The molecule has 56 heavy (non-hydrogen) atoms. The van der Waals surface area contributed by atoms with Crippen molar-refractivity contribution in [2.24, 2.45) is 17.4 Å². The summed E-state index contributed by atoms with van der Waals surface area (Å²) in [7, 11) is 0. The van der Waals surface area contributed by atoms with Gasteiger partial charge in [-0.3, -0.25) is 47.9 Å². The molecule has 23 heteroatoms. The number of aliphatic hydroxyl groups is 1. The fourth-order valence-electron chi connectivity index (χ4n) is 5.45. The largest absolute Gasteiger partial charge is 0.481 e. The molecule has 0 aromatic carbocycles. The summed E-state index contributed by atoms with van der Waals surface area (Å²) in [6.45, 7) is 2.47. The monoisotopic (exact) mass is 801 g/mol. The lowest BCUT2D eigenvalue weighted by Crippen LogP contribution is -2.61. The third-order valence-corrected chi connectivity index (χ3v) is 8.80. The summed E-state index contributed by atoms with van der Waals surface area (Å²) in [5.41, 5.74) is 11.1. The first-order valence-electron chi connectivity index (χ1n) is 18.2. The second-order valence-electron chi connectivity index (χ2n) is 13.3. The molecule has 1 fully saturated rings. The molecule has 0 radical (unpaired) electrons. The Morgan fingerprint density at radius 3 is 1.16 bits per heavy atom. The number of amides is 7. The van der Waals surface area contributed by atoms with Crippen LogP contribution in [0.25, 0.3) is 0 Å². The first-order valence-corrected chi connectivity index (χ1v) is 18.2. The summed E-state index contributed by atoms with van der Waals surface area (Å²) in [6.07, 6.45) is -1.99. The van der Waals surface area contributed by atoms with Gasteiger partial charge in [0.15, 0.2) is 0 Å². The van der Waals surface area contributed by atoms with Gasteiger partial charge in [0.05, 0.1) is 25.9 Å². The van der Waals surface area contributed by atoms with Gasteiger partial charge < -0.3 is 69.1 Å². The van der Waals surface area contributed by atoms with Crippen LogP contribution in [-0.2, 0) is 47.9 Å². The molecule has 0 spiro atoms. The molecule has 316 valence electrons. The van der Waals surface area contributed by atoms with Gasteiger partial charge in [0.25, 0.3) is 0 Å². The number of rotatable bonds is 17. The van der Waals surface area contributed by atoms with Crippen molar-refractivity contribution in [3.63, 3.8) is 0 Å². The number of carboxylic acid groups (broad SMARTS) is 3. The van der Waals surface area contributed by atoms with E-state index in [0.29, 0.717) is 12.8 Å². The van der Waals surface area contributed by atoms with Crippen LogP contribution in [0, 0.1) is 5.92 Å². The Kier molecular flexibility index (Phi) is 21.6. The van der Waals surface area contributed by atoms with E-state index in [1.165, 1.54) is 0 Å². The van der Waals surface area contributed by atoms with E-state index in [2.05, 4.69) is 37.2 Å². The Labute approximate surface area is 322 Å². The number of aliphatic hydroxyl groups excluding tert-OH is 1. The van der Waals surface area contributed by atoms with E-state index in [0.717, 1.165) is 0 Å². The highest BCUT2D eigenvalue weighted by Gasteiger charge is 2.37. The quantitative estimate of drug-likeness (QED) is 0.0613. The summed E-state index contributed by atoms with van der Waals surface area (Å²) < 4.78 is 0. The van der Waals surface area contributed by atoms with E-state index in [1.807, 2.05) is 0 Å². The number of aliphatic carboxylic acids is 3. The smallest absolute Gasteiger partial charge is 0.305 e. The molecule has 15 N–H and O–H groups in total. The van der Waals surface area contributed by atoms with Crippen LogP contribution >= 0.6 is 0 Å². The van der Waals surface area contributed by atoms with Crippen molar-refractivity contribution in [1.82, 2.24) is 37.2 Å². The van der Waals surface area contributed by atoms with Crippen molar-refractivity contribution in [2.45, 2.75) is 120 Å². The molecule has 1 aliphatic heterocycles. The van der Waals surface area contributed by atoms with Crippen LogP contribution in [0.15, 0.2) is 0 Å². The molecule has 23 nitrogen and oxygen atoms in total. The van der Waals surface area contributed by atoms with Crippen LogP contribution in [0.2, 0.25) is 0 Å². The predicted molar refractivity (Wildman–Crippen MR) is 193 cm³/mol. The van der Waals surface area contributed by atoms with Gasteiger partial charge in [0.1, 0.15) is 42.3 Å². The molecule has 0 aliphatic carbocycles. The van der Waals surface area contributed by atoms with Crippen LogP contribution in [0.5, 0.6) is 0 Å². The third-order valence-electron chi connectivity index (χ3n) is 8.80. The average Bonchev–Trinajstić information content (AvgIpc) is 3.12. The van der Waals surface area contributed by atoms with Crippen LogP contribution in [0.4, 0.5) is 0 Å². The van der Waals surface area contributed by atoms with E-state index in [-0.39, 0.29) is 45.2 Å². The van der Waals surface area contributed by atoms with Gasteiger partial charge in [-0.2, -0.15) is 0 Å². The topological polar surface area (TPSA) is 388 Å². The van der Waals surface area contributed by atoms with Gasteiger partial charge >= 0.3 is 17.9 Å². The SMILES string of the molecule is CC[C@H](C)[C@@H]1NC(=O)[C@H](CCCCN)NC(=O)[C@H](CC(=O)O)NC(=O)[C@H](CO)NC(=O)[C@H](CCCCN)NC(=O)[C@H](CC(=O)O)NC(=O)[C@H](CC(=O)O)NC1=O. The van der Waals surface area contributed by atoms with E-state index in [1.54, 1.807) is 13.8 Å². The Morgan fingerprint density at radius 1 is 0.518 bits per heavy atom. The van der Waals surface area contributed by atoms with Crippen molar-refractivity contribution < 1.29 is 68.4 Å². The molecule has 0 unspecified atom stereocenters. The number of carbonyl (C=O) groups excluding carboxylic acids is 7. The Hall–Kier alpha value is -5.42. The maximum absolute atomic E-state index is 13.7. The van der Waals surface area contributed by atoms with Crippen LogP contribution in [0.3, 0.4) is 0 Å². The molecular weight excluding hydrogens is 746 g/mol. The normalized spacial score (nSPS) is 25.4. The highest BCUT2D eigenvalue weighted by molar-refractivity contribution is 6.00. The molecule has 1 rings (SSSR count). The van der Waals surface area contributed by atoms with E-state index in [4.69, 9.17) is 11.5 Å². The summed E-state index contributed by atoms with van der Waals surface area (Å²) in [5.74, 6) is -13.5. The summed E-state index contributed by atoms with van der Waals surface area (Å²) in [4.78, 5) is 130. The van der Waals surface area contributed by atoms with Crippen LogP contribution in [0.1, 0.15) is 78.1 Å². The molecular formula is C33H55N9O14. The number of nitrogens with two attached hydrogens (primary N) is 2. The van der Waals surface area contributed by atoms with Gasteiger partial charge in [-0.1, -0.05) is 20.3 Å². The highest BCUT2D eigenvalue weighted by atomic mass is 16.4. The van der Waals surface area contributed by atoms with E-state index < -0.39 is 133 Å². The lowest BCUT2D eigenvalue weighted by molar-refractivity contribution is -0.144. The minimum absolute atomic E-state index is 0.0890. The molecule has 0 bridgehead atoms. The van der Waals surface area contributed by atoms with Gasteiger partial charge in [0.2, 0.25) is 41.4 Å². The zero-order valence-corrected chi connectivity index (χ0v) is 31.3. The van der Waals surface area contributed by atoms with Crippen molar-refractivity contribution in [2.75, 3.05) is 19.7 Å². The summed E-state index contributed by atoms with van der Waals surface area (Å²) in [5, 5.41) is 54.5. The highest BCUT2D eigenvalue weighted by Crippen LogP contribution is 2.12. The van der Waals surface area contributed by atoms with Crippen molar-refractivity contribution in [3.05, 3.63) is 0 Å². The number of nitrogens with one attached hydrogen (secondary N) is 7. The zero-order valence-electron chi connectivity index (χ0n) is 31.3. The number of hydrogen-bond acceptors (Lipinski definition) is 13. The summed E-state index contributed by atoms with van der Waals surface area (Å²) >= 11 is 0. The molecule has 1 saturated heterocycles. The van der Waals surface area contributed by atoms with E-state index in [9.17, 15) is 68.4 Å². The van der Waals surface area contributed by atoms with Crippen molar-refractivity contribution >= 4 is 59.3 Å². The maximum Gasteiger partial charge on any atom is 0.305 e. The first-order chi connectivity index (χ1) is 26.4. The number of carbonyl (C=O) groups is 10. The minimum Gasteiger partial charge on any atom is -0.481 e. The van der Waals surface area contributed by atoms with Crippen molar-refractivity contribution in [1.29, 1.82) is 0 Å². The molecule has 0 aromatic rings. The fourth-order valence-corrected chi connectivity index (χ4v) is 5.45. The van der Waals surface area contributed by atoms with E-state index >= 15 is 0 Å². The number of unbranched alkanes of at least 4 members (excludes halogenated alkanes) is 2. The molecule has 0 saturated carbocycles. The molecule has 1 heterocycles. The van der Waals surface area contributed by atoms with Crippen LogP contribution in [-0.4, -0.2) is 142 Å². The first kappa shape index (κ1) is 48.6. The number of carboxylic acids is 3. The Morgan fingerprint density at radius 2 is 0.821 bits per heavy atom. The Bertz CT molecular complexity index is 1430. The lowest BCUT2D eigenvalue weighted by atomic mass is 9.96. The molecule has 7 amide bonds. The van der Waals surface area contributed by atoms with Gasteiger partial charge in [-0.15, -0.1) is 0 Å². The fraction of sp³-hybridized carbons (Fsp3) is 0.697. The molecule has 8 atom stereocenters. The second kappa shape index (κ2) is 24.9. The Balaban J connectivity index is 3.89. The maximum atomic E-state index is 13.7. The zero-order chi connectivity index (χ0) is 42.5. The summed E-state index contributed by atoms with van der Waals surface area (Å²) in [6, 6.07) is -12.0. The number of hydrogen-bond donors (Lipinski definition) is 13. The third kappa shape index (κ3) is 16.9. The van der Waals surface area contributed by atoms with Crippen LogP contribution < -0.4 is 48.7 Å². The second-order valence-corrected chi connectivity index (χ2v) is 13.3. The molecule has 0 aromatic heterocycles.